The molecule has 14 nitrogen and oxygen atoms in total. The van der Waals surface area contributed by atoms with Crippen LogP contribution in [0.3, 0.4) is 0 Å². The molecule has 18 heteroatoms. The maximum Gasteiger partial charge on any atom is 0.419 e. The smallest absolute Gasteiger partial charge is 0.419 e. The van der Waals surface area contributed by atoms with Crippen LogP contribution in [0.4, 0.5) is 28.9 Å². The van der Waals surface area contributed by atoms with Gasteiger partial charge in [0.25, 0.3) is 17.7 Å². The van der Waals surface area contributed by atoms with Crippen LogP contribution in [0.2, 0.25) is 0 Å². The predicted molar refractivity (Wildman–Crippen MR) is 223 cm³/mol. The summed E-state index contributed by atoms with van der Waals surface area (Å²) in [6, 6.07) is 11.7. The van der Waals surface area contributed by atoms with Crippen molar-refractivity contribution >= 4 is 40.9 Å². The van der Waals surface area contributed by atoms with Gasteiger partial charge in [-0.2, -0.15) is 18.4 Å². The van der Waals surface area contributed by atoms with Crippen molar-refractivity contribution in [3.8, 4) is 11.8 Å². The molecule has 64 heavy (non-hydrogen) atoms. The SMILES string of the molecule is CC1(C)C(Oc2cnc(C#N)c(C(F)(F)F)c2)C(C)(C)C1N1Cc2cc(N3CCN(CC4(F)CCN(c5ccc6c(c5)C(=O)N(C5CCC(=O)NC5=O)C6=O)CC4)CC3)ccc2C1=O. The van der Waals surface area contributed by atoms with Crippen LogP contribution in [0.15, 0.2) is 48.7 Å². The molecule has 5 aliphatic heterocycles. The number of nitriles is 1. The molecule has 0 spiro atoms. The zero-order chi connectivity index (χ0) is 45.7. The van der Waals surface area contributed by atoms with Gasteiger partial charge in [-0.05, 0) is 54.4 Å². The second-order valence-corrected chi connectivity index (χ2v) is 19.1. The highest BCUT2D eigenvalue weighted by Gasteiger charge is 2.67. The summed E-state index contributed by atoms with van der Waals surface area (Å²) in [5, 5.41) is 11.4. The molecule has 336 valence electrons. The number of fused-ring (bicyclic) bond motifs is 2. The molecular weight excluding hydrogens is 837 g/mol. The summed E-state index contributed by atoms with van der Waals surface area (Å²) < 4.78 is 63.6. The van der Waals surface area contributed by atoms with Crippen molar-refractivity contribution in [2.24, 2.45) is 10.8 Å². The topological polar surface area (TPSA) is 159 Å². The normalized spacial score (nSPS) is 25.2. The van der Waals surface area contributed by atoms with Crippen molar-refractivity contribution in [3.63, 3.8) is 0 Å². The molecule has 6 aliphatic rings. The van der Waals surface area contributed by atoms with Gasteiger partial charge >= 0.3 is 6.18 Å². The molecule has 1 atom stereocenters. The highest BCUT2D eigenvalue weighted by molar-refractivity contribution is 6.23. The molecule has 1 saturated carbocycles. The number of amides is 5. The standard InChI is InChI=1S/C46H48F4N8O6/c1-43(2)41(44(3,4)42(43)64-29-21-33(46(48,49)50)34(22-51)52-23-29)57-24-26-19-27(5-7-30(26)38(57)61)56-17-15-54(16-18-56)25-45(47)11-13-55(14-12-45)28-6-8-31-32(20-28)40(63)58(39(31)62)35-9-10-36(59)53-37(35)60/h5-8,19-21,23,35,41-42H,9-18,24-25H2,1-4H3,(H,53,59,60). The van der Waals surface area contributed by atoms with E-state index >= 15 is 4.39 Å². The molecule has 6 heterocycles. The summed E-state index contributed by atoms with van der Waals surface area (Å²) in [5.74, 6) is -2.48. The average molecular weight is 885 g/mol. The van der Waals surface area contributed by atoms with Gasteiger partial charge in [-0.1, -0.05) is 27.7 Å². The largest absolute Gasteiger partial charge is 0.488 e. The maximum absolute atomic E-state index is 16.4. The first-order valence-corrected chi connectivity index (χ1v) is 21.5. The fourth-order valence-corrected chi connectivity index (χ4v) is 11.4. The summed E-state index contributed by atoms with van der Waals surface area (Å²) in [4.78, 5) is 77.4. The van der Waals surface area contributed by atoms with Gasteiger partial charge in [0.15, 0.2) is 5.69 Å². The van der Waals surface area contributed by atoms with Crippen molar-refractivity contribution in [1.82, 2.24) is 25.0 Å². The Labute approximate surface area is 367 Å². The molecule has 9 rings (SSSR count). The molecule has 3 aromatic rings. The van der Waals surface area contributed by atoms with Crippen LogP contribution >= 0.6 is 0 Å². The second kappa shape index (κ2) is 15.3. The first kappa shape index (κ1) is 43.2. The molecule has 1 N–H and O–H groups in total. The lowest BCUT2D eigenvalue weighted by atomic mass is 9.49. The van der Waals surface area contributed by atoms with Crippen LogP contribution in [0.1, 0.15) is 101 Å². The molecule has 5 amide bonds. The van der Waals surface area contributed by atoms with Gasteiger partial charge in [0, 0.05) is 105 Å². The van der Waals surface area contributed by atoms with Gasteiger partial charge in [-0.15, -0.1) is 0 Å². The van der Waals surface area contributed by atoms with Gasteiger partial charge in [0.1, 0.15) is 29.6 Å². The number of halogens is 4. The van der Waals surface area contributed by atoms with Gasteiger partial charge < -0.3 is 19.4 Å². The van der Waals surface area contributed by atoms with E-state index in [1.54, 1.807) is 18.2 Å². The van der Waals surface area contributed by atoms with Crippen LogP contribution in [0, 0.1) is 22.2 Å². The number of ether oxygens (including phenoxy) is 1. The first-order chi connectivity index (χ1) is 30.2. The number of pyridine rings is 1. The Hall–Kier alpha value is -6.09. The number of hydrogen-bond donors (Lipinski definition) is 1. The van der Waals surface area contributed by atoms with Crippen LogP contribution in [-0.4, -0.2) is 119 Å². The number of rotatable bonds is 8. The molecule has 3 saturated heterocycles. The van der Waals surface area contributed by atoms with Crippen molar-refractivity contribution in [2.75, 3.05) is 55.6 Å². The Balaban J connectivity index is 0.783. The Morgan fingerprint density at radius 1 is 0.828 bits per heavy atom. The fraction of sp³-hybridized carbons (Fsp3) is 0.500. The minimum atomic E-state index is -4.78. The zero-order valence-corrected chi connectivity index (χ0v) is 35.9. The molecule has 1 aliphatic carbocycles. The van der Waals surface area contributed by atoms with Crippen molar-refractivity contribution in [1.29, 1.82) is 5.26 Å². The molecule has 1 aromatic heterocycles. The molecule has 4 fully saturated rings. The third-order valence-corrected chi connectivity index (χ3v) is 14.2. The summed E-state index contributed by atoms with van der Waals surface area (Å²) in [7, 11) is 0. The summed E-state index contributed by atoms with van der Waals surface area (Å²) >= 11 is 0. The summed E-state index contributed by atoms with van der Waals surface area (Å²) in [6.07, 6.45) is -3.55. The zero-order valence-electron chi connectivity index (χ0n) is 35.9. The highest BCUT2D eigenvalue weighted by atomic mass is 19.4. The Bertz CT molecular complexity index is 2510. The Morgan fingerprint density at radius 3 is 2.09 bits per heavy atom. The Morgan fingerprint density at radius 2 is 1.45 bits per heavy atom. The third-order valence-electron chi connectivity index (χ3n) is 14.2. The number of alkyl halides is 4. The number of piperazine rings is 1. The van der Waals surface area contributed by atoms with Crippen molar-refractivity contribution in [3.05, 3.63) is 82.2 Å². The highest BCUT2D eigenvalue weighted by Crippen LogP contribution is 2.59. The van der Waals surface area contributed by atoms with Gasteiger partial charge in [0.05, 0.1) is 22.9 Å². The van der Waals surface area contributed by atoms with Crippen LogP contribution < -0.4 is 19.9 Å². The monoisotopic (exact) mass is 884 g/mol. The average Bonchev–Trinajstić information content (AvgIpc) is 3.69. The minimum absolute atomic E-state index is 0.0359. The quantitative estimate of drug-likeness (QED) is 0.230. The maximum atomic E-state index is 16.4. The van der Waals surface area contributed by atoms with Gasteiger partial charge in [0.2, 0.25) is 11.8 Å². The molecule has 0 bridgehead atoms. The lowest BCUT2D eigenvalue weighted by Gasteiger charge is -2.65. The fourth-order valence-electron chi connectivity index (χ4n) is 11.4. The number of anilines is 2. The van der Waals surface area contributed by atoms with E-state index in [9.17, 15) is 37.1 Å². The van der Waals surface area contributed by atoms with E-state index in [-0.39, 0.29) is 61.1 Å². The Kier molecular flexibility index (Phi) is 10.3. The molecule has 1 unspecified atom stereocenters. The number of nitrogens with zero attached hydrogens (tertiary/aromatic N) is 7. The summed E-state index contributed by atoms with van der Waals surface area (Å²) in [5.41, 5.74) is -1.07. The van der Waals surface area contributed by atoms with E-state index in [1.807, 2.05) is 55.7 Å². The van der Waals surface area contributed by atoms with Crippen molar-refractivity contribution in [2.45, 2.75) is 90.0 Å². The van der Waals surface area contributed by atoms with E-state index in [0.29, 0.717) is 57.1 Å². The molecular formula is C46H48F4N8O6. The number of hydrogen-bond acceptors (Lipinski definition) is 11. The van der Waals surface area contributed by atoms with E-state index < -0.39 is 69.7 Å². The number of carbonyl (C=O) groups is 5. The van der Waals surface area contributed by atoms with E-state index in [1.165, 1.54) is 6.07 Å². The second-order valence-electron chi connectivity index (χ2n) is 19.1. The summed E-state index contributed by atoms with van der Waals surface area (Å²) in [6.45, 7) is 11.8. The van der Waals surface area contributed by atoms with Crippen LogP contribution in [0.25, 0.3) is 0 Å². The molecule has 0 radical (unpaired) electrons. The number of carbonyl (C=O) groups excluding carboxylic acids is 5. The van der Waals surface area contributed by atoms with E-state index in [0.717, 1.165) is 28.4 Å². The predicted octanol–water partition coefficient (Wildman–Crippen LogP) is 5.34. The van der Waals surface area contributed by atoms with Crippen LogP contribution in [-0.2, 0) is 22.3 Å². The minimum Gasteiger partial charge on any atom is -0.488 e. The molecule has 2 aromatic carbocycles. The third kappa shape index (κ3) is 7.21. The van der Waals surface area contributed by atoms with Gasteiger partial charge in [-0.25, -0.2) is 9.37 Å². The number of piperidine rings is 2. The number of nitrogens with one attached hydrogen (secondary N) is 1. The first-order valence-electron chi connectivity index (χ1n) is 21.5. The lowest BCUT2D eigenvalue weighted by Crippen LogP contribution is -2.74. The number of benzene rings is 2. The number of aromatic nitrogens is 1. The lowest BCUT2D eigenvalue weighted by molar-refractivity contribution is -0.199. The number of imide groups is 2. The van der Waals surface area contributed by atoms with Crippen molar-refractivity contribution < 1.29 is 46.3 Å². The van der Waals surface area contributed by atoms with E-state index in [4.69, 9.17) is 10.00 Å². The van der Waals surface area contributed by atoms with Gasteiger partial charge in [-0.3, -0.25) is 39.1 Å². The van der Waals surface area contributed by atoms with E-state index in [2.05, 4.69) is 20.1 Å². The van der Waals surface area contributed by atoms with Crippen LogP contribution in [0.5, 0.6) is 5.75 Å².